The standard InChI is InChI=1S/C10H10O9S.3Na/c11-9(12)4-18-6-1-7(19-5-10(13)14)3-8(2-6)20(15,16)17;;;/h1-3H,4-5H2,(H,11,12)(H,13,14)(H,15,16,17);;;/q;3*+1/p-3. The minimum atomic E-state index is -4.86. The van der Waals surface area contributed by atoms with Crippen molar-refractivity contribution < 1.29 is 131 Å². The monoisotopic (exact) mass is 372 g/mol. The van der Waals surface area contributed by atoms with Crippen LogP contribution < -0.4 is 108 Å². The van der Waals surface area contributed by atoms with E-state index in [1.54, 1.807) is 0 Å². The van der Waals surface area contributed by atoms with Crippen molar-refractivity contribution in [3.05, 3.63) is 18.2 Å². The number of ether oxygens (including phenoxy) is 2. The number of carboxylic acids is 2. The molecule has 0 fully saturated rings. The van der Waals surface area contributed by atoms with E-state index < -0.39 is 40.2 Å². The zero-order valence-electron chi connectivity index (χ0n) is 12.7. The van der Waals surface area contributed by atoms with Gasteiger partial charge in [0.15, 0.2) is 0 Å². The first-order valence-electron chi connectivity index (χ1n) is 4.95. The minimum absolute atomic E-state index is 0. The van der Waals surface area contributed by atoms with Gasteiger partial charge in [0.05, 0.1) is 16.8 Å². The Morgan fingerprint density at radius 2 is 1.22 bits per heavy atom. The van der Waals surface area contributed by atoms with Crippen LogP contribution in [0.1, 0.15) is 0 Å². The normalized spacial score (nSPS) is 9.43. The Morgan fingerprint density at radius 1 is 0.870 bits per heavy atom. The molecular weight excluding hydrogens is 365 g/mol. The van der Waals surface area contributed by atoms with E-state index in [-0.39, 0.29) is 100 Å². The zero-order valence-corrected chi connectivity index (χ0v) is 19.5. The Morgan fingerprint density at radius 3 is 1.48 bits per heavy atom. The Bertz CT molecular complexity index is 596. The van der Waals surface area contributed by atoms with Crippen LogP contribution in [0.2, 0.25) is 0 Å². The van der Waals surface area contributed by atoms with Crippen molar-refractivity contribution in [1.29, 1.82) is 0 Å². The molecule has 1 aromatic carbocycles. The van der Waals surface area contributed by atoms with Crippen LogP contribution >= 0.6 is 0 Å². The molecule has 0 spiro atoms. The van der Waals surface area contributed by atoms with E-state index in [2.05, 4.69) is 9.47 Å². The van der Waals surface area contributed by atoms with E-state index in [0.29, 0.717) is 0 Å². The predicted octanol–water partition coefficient (Wildman–Crippen LogP) is -12.1. The first kappa shape index (κ1) is 28.5. The molecule has 13 heteroatoms. The Hall–Kier alpha value is 0.670. The van der Waals surface area contributed by atoms with Crippen molar-refractivity contribution in [2.45, 2.75) is 4.90 Å². The van der Waals surface area contributed by atoms with Gasteiger partial charge in [0.25, 0.3) is 0 Å². The summed E-state index contributed by atoms with van der Waals surface area (Å²) in [6.45, 7) is -1.77. The van der Waals surface area contributed by atoms with Gasteiger partial charge in [0.1, 0.15) is 34.8 Å². The van der Waals surface area contributed by atoms with Crippen LogP contribution in [0.3, 0.4) is 0 Å². The maximum Gasteiger partial charge on any atom is 1.00 e. The fraction of sp³-hybridized carbons (Fsp3) is 0.200. The van der Waals surface area contributed by atoms with E-state index in [4.69, 9.17) is 0 Å². The molecular formula is C10H7Na3O9S. The third-order valence-corrected chi connectivity index (χ3v) is 2.67. The fourth-order valence-corrected chi connectivity index (χ4v) is 1.66. The summed E-state index contributed by atoms with van der Waals surface area (Å²) in [5, 5.41) is 20.4. The molecule has 0 N–H and O–H groups in total. The fourth-order valence-electron chi connectivity index (χ4n) is 1.14. The second-order valence-electron chi connectivity index (χ2n) is 3.42. The van der Waals surface area contributed by atoms with Crippen molar-refractivity contribution in [2.75, 3.05) is 13.2 Å². The molecule has 9 nitrogen and oxygen atoms in total. The molecule has 1 rings (SSSR count). The molecule has 0 saturated carbocycles. The molecule has 0 atom stereocenters. The van der Waals surface area contributed by atoms with Gasteiger partial charge in [-0.25, -0.2) is 8.42 Å². The number of carboxylic acid groups (broad SMARTS) is 2. The third-order valence-electron chi connectivity index (χ3n) is 1.86. The van der Waals surface area contributed by atoms with E-state index in [0.717, 1.165) is 18.2 Å². The van der Waals surface area contributed by atoms with Crippen molar-refractivity contribution in [3.8, 4) is 11.5 Å². The van der Waals surface area contributed by atoms with Crippen LogP contribution in [0, 0.1) is 0 Å². The van der Waals surface area contributed by atoms with Crippen LogP contribution in [0.15, 0.2) is 23.1 Å². The number of carbonyl (C=O) groups is 2. The summed E-state index contributed by atoms with van der Waals surface area (Å²) in [5.74, 6) is -3.76. The molecule has 0 aliphatic rings. The van der Waals surface area contributed by atoms with Crippen molar-refractivity contribution in [1.82, 2.24) is 0 Å². The average molecular weight is 372 g/mol. The van der Waals surface area contributed by atoms with Crippen LogP contribution in [0.4, 0.5) is 0 Å². The Labute approximate surface area is 198 Å². The van der Waals surface area contributed by atoms with Gasteiger partial charge in [0, 0.05) is 6.07 Å². The molecule has 0 amide bonds. The quantitative estimate of drug-likeness (QED) is 0.335. The Balaban J connectivity index is -0.00000133. The van der Waals surface area contributed by atoms with Crippen LogP contribution in [-0.4, -0.2) is 38.1 Å². The van der Waals surface area contributed by atoms with Gasteiger partial charge in [-0.3, -0.25) is 0 Å². The maximum absolute atomic E-state index is 10.9. The topological polar surface area (TPSA) is 156 Å². The molecule has 0 aliphatic carbocycles. The molecule has 23 heavy (non-hydrogen) atoms. The van der Waals surface area contributed by atoms with Gasteiger partial charge in [0.2, 0.25) is 0 Å². The maximum atomic E-state index is 10.9. The van der Waals surface area contributed by atoms with Crippen LogP contribution in [0.25, 0.3) is 0 Å². The van der Waals surface area contributed by atoms with E-state index in [1.165, 1.54) is 0 Å². The predicted molar refractivity (Wildman–Crippen MR) is 55.4 cm³/mol. The first-order chi connectivity index (χ1) is 9.18. The smallest absolute Gasteiger partial charge is 0.744 e. The SMILES string of the molecule is O=C([O-])COc1cc(OCC(=O)[O-])cc(S(=O)(=O)[O-])c1.[Na+].[Na+].[Na+]. The largest absolute Gasteiger partial charge is 1.00 e. The van der Waals surface area contributed by atoms with Crippen LogP contribution in [-0.2, 0) is 19.7 Å². The molecule has 1 aromatic rings. The Kier molecular flexibility index (Phi) is 16.0. The average Bonchev–Trinajstić information content (AvgIpc) is 2.32. The molecule has 0 unspecified atom stereocenters. The molecule has 0 bridgehead atoms. The minimum Gasteiger partial charge on any atom is -0.744 e. The van der Waals surface area contributed by atoms with Crippen molar-refractivity contribution >= 4 is 22.1 Å². The van der Waals surface area contributed by atoms with E-state index in [9.17, 15) is 32.8 Å². The van der Waals surface area contributed by atoms with Gasteiger partial charge >= 0.3 is 88.7 Å². The van der Waals surface area contributed by atoms with E-state index in [1.807, 2.05) is 0 Å². The number of benzene rings is 1. The molecule has 0 heterocycles. The number of aliphatic carboxylic acids is 2. The molecule has 0 saturated heterocycles. The van der Waals surface area contributed by atoms with Crippen molar-refractivity contribution in [2.24, 2.45) is 0 Å². The summed E-state index contributed by atoms with van der Waals surface area (Å²) < 4.78 is 42.0. The summed E-state index contributed by atoms with van der Waals surface area (Å²) >= 11 is 0. The van der Waals surface area contributed by atoms with E-state index >= 15 is 0 Å². The van der Waals surface area contributed by atoms with Gasteiger partial charge in [-0.05, 0) is 12.1 Å². The van der Waals surface area contributed by atoms with Gasteiger partial charge in [-0.2, -0.15) is 0 Å². The third kappa shape index (κ3) is 11.8. The summed E-state index contributed by atoms with van der Waals surface area (Å²) in [7, 11) is -4.86. The van der Waals surface area contributed by atoms with Crippen LogP contribution in [0.5, 0.6) is 11.5 Å². The zero-order chi connectivity index (χ0) is 15.3. The summed E-state index contributed by atoms with van der Waals surface area (Å²) in [4.78, 5) is 19.7. The second-order valence-corrected chi connectivity index (χ2v) is 4.80. The molecule has 0 radical (unpaired) electrons. The number of hydrogen-bond acceptors (Lipinski definition) is 9. The second kappa shape index (κ2) is 13.0. The number of hydrogen-bond donors (Lipinski definition) is 0. The molecule has 0 aliphatic heterocycles. The van der Waals surface area contributed by atoms with Gasteiger partial charge < -0.3 is 33.8 Å². The van der Waals surface area contributed by atoms with Crippen molar-refractivity contribution in [3.63, 3.8) is 0 Å². The van der Waals surface area contributed by atoms with Gasteiger partial charge in [-0.15, -0.1) is 0 Å². The number of rotatable bonds is 7. The molecule has 110 valence electrons. The summed E-state index contributed by atoms with van der Waals surface area (Å²) in [6.07, 6.45) is 0. The summed E-state index contributed by atoms with van der Waals surface area (Å²) in [6, 6.07) is 2.56. The number of carbonyl (C=O) groups excluding carboxylic acids is 2. The van der Waals surface area contributed by atoms with Gasteiger partial charge in [-0.1, -0.05) is 0 Å². The first-order valence-corrected chi connectivity index (χ1v) is 6.35. The summed E-state index contributed by atoms with van der Waals surface area (Å²) in [5.41, 5.74) is 0. The molecule has 0 aromatic heterocycles.